The summed E-state index contributed by atoms with van der Waals surface area (Å²) in [6.45, 7) is 1.96. The molecule has 0 aliphatic heterocycles. The lowest BCUT2D eigenvalue weighted by Crippen LogP contribution is -2.42. The van der Waals surface area contributed by atoms with Crippen LogP contribution in [0.2, 0.25) is 0 Å². The molecule has 0 heterocycles. The second-order valence-electron chi connectivity index (χ2n) is 6.13. The second-order valence-corrected chi connectivity index (χ2v) is 7.07. The van der Waals surface area contributed by atoms with Crippen LogP contribution in [0.1, 0.15) is 25.3 Å². The van der Waals surface area contributed by atoms with Gasteiger partial charge < -0.3 is 5.32 Å². The van der Waals surface area contributed by atoms with Gasteiger partial charge in [-0.15, -0.1) is 0 Å². The molecule has 124 valence electrons. The van der Waals surface area contributed by atoms with Crippen LogP contribution in [0.4, 0.5) is 4.79 Å². The first kappa shape index (κ1) is 16.7. The molecule has 2 atom stereocenters. The average Bonchev–Trinajstić information content (AvgIpc) is 2.59. The van der Waals surface area contributed by atoms with Crippen LogP contribution in [-0.2, 0) is 15.3 Å². The maximum Gasteiger partial charge on any atom is 0.279 e. The minimum atomic E-state index is -0.367. The summed E-state index contributed by atoms with van der Waals surface area (Å²) in [6, 6.07) is 9.38. The van der Waals surface area contributed by atoms with Crippen molar-refractivity contribution in [1.82, 2.24) is 5.32 Å². The van der Waals surface area contributed by atoms with E-state index in [1.54, 1.807) is 0 Å². The predicted molar refractivity (Wildman–Crippen MR) is 94.6 cm³/mol. The first-order valence-corrected chi connectivity index (χ1v) is 9.03. The number of thioether (sulfide) groups is 1. The molecular weight excluding hydrogens is 322 g/mol. The van der Waals surface area contributed by atoms with E-state index >= 15 is 0 Å². The van der Waals surface area contributed by atoms with Crippen LogP contribution >= 0.6 is 11.8 Å². The molecular formula is C19H19NO3S. The summed E-state index contributed by atoms with van der Waals surface area (Å²) in [7, 11) is 0. The maximum atomic E-state index is 12.2. The van der Waals surface area contributed by atoms with Gasteiger partial charge in [0, 0.05) is 16.9 Å². The fourth-order valence-electron chi connectivity index (χ4n) is 3.22. The van der Waals surface area contributed by atoms with Gasteiger partial charge in [-0.05, 0) is 36.5 Å². The highest BCUT2D eigenvalue weighted by atomic mass is 32.2. The molecule has 0 bridgehead atoms. The van der Waals surface area contributed by atoms with Crippen molar-refractivity contribution in [1.29, 1.82) is 0 Å². The molecule has 2 aliphatic rings. The van der Waals surface area contributed by atoms with Crippen LogP contribution in [0, 0.1) is 5.92 Å². The van der Waals surface area contributed by atoms with Crippen LogP contribution in [-0.4, -0.2) is 22.8 Å². The van der Waals surface area contributed by atoms with Crippen LogP contribution in [0.3, 0.4) is 0 Å². The summed E-state index contributed by atoms with van der Waals surface area (Å²) >= 11 is 1.18. The number of hydrogen-bond acceptors (Lipinski definition) is 4. The first-order valence-electron chi connectivity index (χ1n) is 8.04. The summed E-state index contributed by atoms with van der Waals surface area (Å²) in [6.07, 6.45) is 4.13. The smallest absolute Gasteiger partial charge is 0.279 e. The van der Waals surface area contributed by atoms with Gasteiger partial charge in [-0.1, -0.05) is 49.0 Å². The Labute approximate surface area is 145 Å². The molecule has 1 amide bonds. The molecule has 1 aromatic rings. The Morgan fingerprint density at radius 3 is 2.46 bits per heavy atom. The van der Waals surface area contributed by atoms with Crippen molar-refractivity contribution in [2.75, 3.05) is 0 Å². The zero-order chi connectivity index (χ0) is 17.1. The average molecular weight is 341 g/mol. The van der Waals surface area contributed by atoms with Gasteiger partial charge in [0.15, 0.2) is 11.6 Å². The number of ketones is 2. The van der Waals surface area contributed by atoms with E-state index in [2.05, 4.69) is 5.32 Å². The van der Waals surface area contributed by atoms with Crippen LogP contribution in [0.25, 0.3) is 0 Å². The summed E-state index contributed by atoms with van der Waals surface area (Å²) < 4.78 is 0. The molecule has 0 fully saturated rings. The predicted octanol–water partition coefficient (Wildman–Crippen LogP) is 3.43. The first-order chi connectivity index (χ1) is 11.6. The van der Waals surface area contributed by atoms with E-state index in [4.69, 9.17) is 0 Å². The molecule has 0 aromatic heterocycles. The zero-order valence-corrected chi connectivity index (χ0v) is 14.3. The van der Waals surface area contributed by atoms with E-state index in [0.29, 0.717) is 23.3 Å². The molecule has 3 rings (SSSR count). The highest BCUT2D eigenvalue weighted by Gasteiger charge is 2.36. The van der Waals surface area contributed by atoms with Gasteiger partial charge in [0.05, 0.1) is 6.04 Å². The van der Waals surface area contributed by atoms with E-state index in [1.165, 1.54) is 23.9 Å². The highest BCUT2D eigenvalue weighted by molar-refractivity contribution is 8.12. The van der Waals surface area contributed by atoms with Crippen LogP contribution in [0.15, 0.2) is 53.6 Å². The normalized spacial score (nSPS) is 23.2. The summed E-state index contributed by atoms with van der Waals surface area (Å²) in [5, 5.41) is 2.75. The van der Waals surface area contributed by atoms with E-state index in [1.807, 2.05) is 37.3 Å². The third-order valence-electron chi connectivity index (χ3n) is 4.44. The Kier molecular flexibility index (Phi) is 5.00. The molecule has 0 saturated carbocycles. The third kappa shape index (κ3) is 3.51. The van der Waals surface area contributed by atoms with Crippen molar-refractivity contribution in [2.45, 2.75) is 31.6 Å². The van der Waals surface area contributed by atoms with Gasteiger partial charge in [0.1, 0.15) is 0 Å². The van der Waals surface area contributed by atoms with Crippen molar-refractivity contribution in [3.63, 3.8) is 0 Å². The highest BCUT2D eigenvalue weighted by Crippen LogP contribution is 2.34. The molecule has 1 N–H and O–H groups in total. The monoisotopic (exact) mass is 341 g/mol. The van der Waals surface area contributed by atoms with Crippen molar-refractivity contribution >= 4 is 28.6 Å². The summed E-state index contributed by atoms with van der Waals surface area (Å²) in [4.78, 5) is 36.6. The molecule has 0 saturated heterocycles. The SMILES string of the molecule is C[C@@H]1CC[C@H](NC(=O)SCc2ccccc2)C2=C1C(=O)C=CC2=O. The Balaban J connectivity index is 1.69. The van der Waals surface area contributed by atoms with Gasteiger partial charge in [0.2, 0.25) is 0 Å². The molecule has 0 spiro atoms. The van der Waals surface area contributed by atoms with Gasteiger partial charge in [-0.2, -0.15) is 0 Å². The standard InChI is InChI=1S/C19H19NO3S/c1-12-7-8-14(18-16(22)10-9-15(21)17(12)18)20-19(23)24-11-13-5-3-2-4-6-13/h2-6,9-10,12,14H,7-8,11H2,1H3,(H,20,23)/t12-,14+/m1/s1. The Bertz CT molecular complexity index is 736. The number of nitrogens with one attached hydrogen (secondary N) is 1. The van der Waals surface area contributed by atoms with E-state index in [9.17, 15) is 14.4 Å². The summed E-state index contributed by atoms with van der Waals surface area (Å²) in [5.41, 5.74) is 2.13. The molecule has 24 heavy (non-hydrogen) atoms. The molecule has 5 heteroatoms. The van der Waals surface area contributed by atoms with Crippen molar-refractivity contribution in [3.05, 3.63) is 59.2 Å². The van der Waals surface area contributed by atoms with Crippen molar-refractivity contribution < 1.29 is 14.4 Å². The molecule has 2 aliphatic carbocycles. The number of carbonyl (C=O) groups excluding carboxylic acids is 3. The molecule has 1 aromatic carbocycles. The lowest BCUT2D eigenvalue weighted by atomic mass is 9.75. The van der Waals surface area contributed by atoms with Gasteiger partial charge >= 0.3 is 0 Å². The Hall–Kier alpha value is -2.14. The fraction of sp³-hybridized carbons (Fsp3) is 0.316. The van der Waals surface area contributed by atoms with Crippen LogP contribution < -0.4 is 5.32 Å². The number of carbonyl (C=O) groups is 3. The lowest BCUT2D eigenvalue weighted by Gasteiger charge is -2.32. The van der Waals surface area contributed by atoms with E-state index < -0.39 is 0 Å². The topological polar surface area (TPSA) is 63.2 Å². The van der Waals surface area contributed by atoms with Gasteiger partial charge in [-0.3, -0.25) is 14.4 Å². The van der Waals surface area contributed by atoms with Gasteiger partial charge in [0.25, 0.3) is 5.24 Å². The van der Waals surface area contributed by atoms with E-state index in [0.717, 1.165) is 12.0 Å². The maximum absolute atomic E-state index is 12.2. The fourth-order valence-corrected chi connectivity index (χ4v) is 3.94. The van der Waals surface area contributed by atoms with E-state index in [-0.39, 0.29) is 28.8 Å². The van der Waals surface area contributed by atoms with Gasteiger partial charge in [-0.25, -0.2) is 0 Å². The van der Waals surface area contributed by atoms with Crippen molar-refractivity contribution in [3.8, 4) is 0 Å². The molecule has 0 radical (unpaired) electrons. The van der Waals surface area contributed by atoms with Crippen molar-refractivity contribution in [2.24, 2.45) is 5.92 Å². The largest absolute Gasteiger partial charge is 0.340 e. The molecule has 4 nitrogen and oxygen atoms in total. The Morgan fingerprint density at radius 1 is 1.08 bits per heavy atom. The quantitative estimate of drug-likeness (QED) is 0.856. The minimum absolute atomic E-state index is 0.0616. The number of allylic oxidation sites excluding steroid dienone is 3. The number of rotatable bonds is 3. The van der Waals surface area contributed by atoms with Crippen LogP contribution in [0.5, 0.6) is 0 Å². The number of amides is 1. The number of hydrogen-bond donors (Lipinski definition) is 1. The zero-order valence-electron chi connectivity index (χ0n) is 13.5. The summed E-state index contributed by atoms with van der Waals surface area (Å²) in [5.74, 6) is 0.378. The molecule has 0 unspecified atom stereocenters. The minimum Gasteiger partial charge on any atom is -0.340 e. The Morgan fingerprint density at radius 2 is 1.75 bits per heavy atom. The lowest BCUT2D eigenvalue weighted by molar-refractivity contribution is -0.116. The second kappa shape index (κ2) is 7.18. The number of benzene rings is 1. The third-order valence-corrected chi connectivity index (χ3v) is 5.30.